The fourth-order valence-electron chi connectivity index (χ4n) is 3.62. The Bertz CT molecular complexity index is 744. The molecule has 1 aromatic heterocycles. The molecule has 26 heavy (non-hydrogen) atoms. The lowest BCUT2D eigenvalue weighted by Crippen LogP contribution is -2.37. The fourth-order valence-corrected chi connectivity index (χ4v) is 3.62. The third-order valence-corrected chi connectivity index (χ3v) is 5.31. The van der Waals surface area contributed by atoms with Crippen molar-refractivity contribution in [3.05, 3.63) is 53.9 Å². The van der Waals surface area contributed by atoms with E-state index in [1.54, 1.807) is 19.0 Å². The number of benzene rings is 1. The third-order valence-electron chi connectivity index (χ3n) is 5.31. The van der Waals surface area contributed by atoms with E-state index in [1.165, 1.54) is 18.5 Å². The van der Waals surface area contributed by atoms with Crippen LogP contribution >= 0.6 is 0 Å². The van der Waals surface area contributed by atoms with Gasteiger partial charge in [-0.15, -0.1) is 0 Å². The minimum atomic E-state index is 0.0216. The first kappa shape index (κ1) is 18.6. The lowest BCUT2D eigenvalue weighted by Gasteiger charge is -2.34. The summed E-state index contributed by atoms with van der Waals surface area (Å²) in [4.78, 5) is 21.1. The van der Waals surface area contributed by atoms with Gasteiger partial charge >= 0.3 is 0 Å². The average molecular weight is 351 g/mol. The Balaban J connectivity index is 1.72. The maximum atomic E-state index is 12.2. The number of carbonyl (C=O) groups is 1. The van der Waals surface area contributed by atoms with E-state index in [1.807, 2.05) is 30.5 Å². The summed E-state index contributed by atoms with van der Waals surface area (Å²) in [5.41, 5.74) is 3.99. The largest absolute Gasteiger partial charge is 0.345 e. The quantitative estimate of drug-likeness (QED) is 0.834. The first-order valence-electron chi connectivity index (χ1n) is 9.48. The summed E-state index contributed by atoms with van der Waals surface area (Å²) in [6.07, 6.45) is 4.30. The topological polar surface area (TPSA) is 36.4 Å². The Labute approximate surface area is 156 Å². The summed E-state index contributed by atoms with van der Waals surface area (Å²) < 4.78 is 0. The highest BCUT2D eigenvalue weighted by molar-refractivity contribution is 5.95. The van der Waals surface area contributed by atoms with Crippen molar-refractivity contribution in [2.75, 3.05) is 27.2 Å². The lowest BCUT2D eigenvalue weighted by atomic mass is 9.92. The van der Waals surface area contributed by atoms with Gasteiger partial charge in [-0.2, -0.15) is 0 Å². The van der Waals surface area contributed by atoms with E-state index in [-0.39, 0.29) is 5.91 Å². The highest BCUT2D eigenvalue weighted by Gasteiger charge is 2.22. The van der Waals surface area contributed by atoms with Crippen LogP contribution in [0.15, 0.2) is 42.6 Å². The van der Waals surface area contributed by atoms with E-state index in [0.29, 0.717) is 17.5 Å². The predicted molar refractivity (Wildman–Crippen MR) is 106 cm³/mol. The van der Waals surface area contributed by atoms with Crippen molar-refractivity contribution in [1.29, 1.82) is 0 Å². The molecule has 0 N–H and O–H groups in total. The van der Waals surface area contributed by atoms with E-state index >= 15 is 0 Å². The number of rotatable bonds is 4. The molecule has 1 aliphatic heterocycles. The zero-order valence-electron chi connectivity index (χ0n) is 16.3. The van der Waals surface area contributed by atoms with Crippen LogP contribution in [0.25, 0.3) is 11.1 Å². The second kappa shape index (κ2) is 8.00. The molecule has 0 saturated carbocycles. The molecule has 0 atom stereocenters. The summed E-state index contributed by atoms with van der Waals surface area (Å²) in [5, 5.41) is 0. The van der Waals surface area contributed by atoms with Gasteiger partial charge in [0, 0.05) is 49.1 Å². The van der Waals surface area contributed by atoms with Gasteiger partial charge in [0.2, 0.25) is 0 Å². The van der Waals surface area contributed by atoms with Crippen molar-refractivity contribution < 1.29 is 4.79 Å². The normalized spacial score (nSPS) is 16.0. The van der Waals surface area contributed by atoms with Crippen LogP contribution in [-0.2, 0) is 0 Å². The van der Waals surface area contributed by atoms with Crippen LogP contribution in [0.3, 0.4) is 0 Å². The number of hydrogen-bond donors (Lipinski definition) is 0. The SMILES string of the molecule is CC(C)N1CCC(c2ccc(-c3cccc(C(=O)N(C)C)c3)cn2)CC1. The minimum absolute atomic E-state index is 0.0216. The Morgan fingerprint density at radius 2 is 1.85 bits per heavy atom. The molecule has 1 saturated heterocycles. The summed E-state index contributed by atoms with van der Waals surface area (Å²) in [6, 6.07) is 12.7. The van der Waals surface area contributed by atoms with Gasteiger partial charge in [-0.25, -0.2) is 0 Å². The van der Waals surface area contributed by atoms with Gasteiger partial charge in [-0.05, 0) is 63.5 Å². The van der Waals surface area contributed by atoms with Crippen molar-refractivity contribution in [2.24, 2.45) is 0 Å². The number of piperidine rings is 1. The van der Waals surface area contributed by atoms with Crippen LogP contribution < -0.4 is 0 Å². The fraction of sp³-hybridized carbons (Fsp3) is 0.455. The second-order valence-corrected chi connectivity index (χ2v) is 7.66. The predicted octanol–water partition coefficient (Wildman–Crippen LogP) is 4.04. The summed E-state index contributed by atoms with van der Waals surface area (Å²) in [6.45, 7) is 6.84. The lowest BCUT2D eigenvalue weighted by molar-refractivity contribution is 0.0827. The van der Waals surface area contributed by atoms with Gasteiger partial charge in [0.05, 0.1) is 0 Å². The van der Waals surface area contributed by atoms with Crippen molar-refractivity contribution >= 4 is 5.91 Å². The molecule has 2 aromatic rings. The third kappa shape index (κ3) is 4.13. The molecule has 0 unspecified atom stereocenters. The van der Waals surface area contributed by atoms with Gasteiger partial charge in [0.15, 0.2) is 0 Å². The van der Waals surface area contributed by atoms with Gasteiger partial charge in [-0.3, -0.25) is 9.78 Å². The zero-order chi connectivity index (χ0) is 18.7. The van der Waals surface area contributed by atoms with Gasteiger partial charge < -0.3 is 9.80 Å². The molecular formula is C22H29N3O. The Morgan fingerprint density at radius 3 is 2.42 bits per heavy atom. The molecule has 138 valence electrons. The van der Waals surface area contributed by atoms with E-state index in [2.05, 4.69) is 30.9 Å². The van der Waals surface area contributed by atoms with E-state index < -0.39 is 0 Å². The first-order chi connectivity index (χ1) is 12.5. The van der Waals surface area contributed by atoms with Gasteiger partial charge in [0.25, 0.3) is 5.91 Å². The Hall–Kier alpha value is -2.20. The molecule has 4 heteroatoms. The highest BCUT2D eigenvalue weighted by atomic mass is 16.2. The van der Waals surface area contributed by atoms with Crippen LogP contribution in [-0.4, -0.2) is 53.9 Å². The number of hydrogen-bond acceptors (Lipinski definition) is 3. The molecule has 3 rings (SSSR count). The van der Waals surface area contributed by atoms with Crippen molar-refractivity contribution in [3.63, 3.8) is 0 Å². The maximum absolute atomic E-state index is 12.2. The highest BCUT2D eigenvalue weighted by Crippen LogP contribution is 2.29. The van der Waals surface area contributed by atoms with Crippen molar-refractivity contribution in [3.8, 4) is 11.1 Å². The maximum Gasteiger partial charge on any atom is 0.253 e. The zero-order valence-corrected chi connectivity index (χ0v) is 16.3. The van der Waals surface area contributed by atoms with E-state index in [4.69, 9.17) is 4.98 Å². The van der Waals surface area contributed by atoms with Crippen LogP contribution in [0.4, 0.5) is 0 Å². The molecular weight excluding hydrogens is 322 g/mol. The molecule has 0 aliphatic carbocycles. The van der Waals surface area contributed by atoms with Crippen LogP contribution in [0.2, 0.25) is 0 Å². The van der Waals surface area contributed by atoms with Gasteiger partial charge in [-0.1, -0.05) is 18.2 Å². The number of amides is 1. The second-order valence-electron chi connectivity index (χ2n) is 7.66. The summed E-state index contributed by atoms with van der Waals surface area (Å²) >= 11 is 0. The van der Waals surface area contributed by atoms with Crippen LogP contribution in [0, 0.1) is 0 Å². The molecule has 0 bridgehead atoms. The monoisotopic (exact) mass is 351 g/mol. The van der Waals surface area contributed by atoms with Crippen LogP contribution in [0.5, 0.6) is 0 Å². The van der Waals surface area contributed by atoms with E-state index in [0.717, 1.165) is 24.2 Å². The average Bonchev–Trinajstić information content (AvgIpc) is 2.67. The molecule has 1 fully saturated rings. The number of pyridine rings is 1. The minimum Gasteiger partial charge on any atom is -0.345 e. The van der Waals surface area contributed by atoms with Gasteiger partial charge in [0.1, 0.15) is 0 Å². The molecule has 1 amide bonds. The first-order valence-corrected chi connectivity index (χ1v) is 9.48. The molecule has 1 aromatic carbocycles. The molecule has 0 spiro atoms. The van der Waals surface area contributed by atoms with Crippen LogP contribution in [0.1, 0.15) is 48.7 Å². The number of aromatic nitrogens is 1. The number of nitrogens with zero attached hydrogens (tertiary/aromatic N) is 3. The molecule has 2 heterocycles. The smallest absolute Gasteiger partial charge is 0.253 e. The standard InChI is InChI=1S/C22H29N3O/c1-16(2)25-12-10-17(11-13-25)21-9-8-20(15-23-21)18-6-5-7-19(14-18)22(26)24(3)4/h5-9,14-17H,10-13H2,1-4H3. The van der Waals surface area contributed by atoms with Crippen molar-refractivity contribution in [2.45, 2.75) is 38.6 Å². The van der Waals surface area contributed by atoms with Crippen molar-refractivity contribution in [1.82, 2.24) is 14.8 Å². The Morgan fingerprint density at radius 1 is 1.12 bits per heavy atom. The van der Waals surface area contributed by atoms with E-state index in [9.17, 15) is 4.79 Å². The number of likely N-dealkylation sites (tertiary alicyclic amines) is 1. The Kier molecular flexibility index (Phi) is 5.72. The summed E-state index contributed by atoms with van der Waals surface area (Å²) in [7, 11) is 3.55. The summed E-state index contributed by atoms with van der Waals surface area (Å²) in [5.74, 6) is 0.578. The number of carbonyl (C=O) groups excluding carboxylic acids is 1. The molecule has 1 aliphatic rings. The molecule has 0 radical (unpaired) electrons. The molecule has 4 nitrogen and oxygen atoms in total.